The van der Waals surface area contributed by atoms with Gasteiger partial charge in [-0.3, -0.25) is 0 Å². The lowest BCUT2D eigenvalue weighted by Gasteiger charge is -2.17. The van der Waals surface area contributed by atoms with Gasteiger partial charge in [-0.25, -0.2) is 0 Å². The second-order valence-corrected chi connectivity index (χ2v) is 4.56. The van der Waals surface area contributed by atoms with Crippen molar-refractivity contribution in [3.63, 3.8) is 0 Å². The normalized spacial score (nSPS) is 15.4. The van der Waals surface area contributed by atoms with Gasteiger partial charge in [0.1, 0.15) is 0 Å². The summed E-state index contributed by atoms with van der Waals surface area (Å²) in [5.74, 6) is 1.19. The molecule has 0 N–H and O–H groups in total. The van der Waals surface area contributed by atoms with E-state index in [1.54, 1.807) is 0 Å². The first-order valence-electron chi connectivity index (χ1n) is 4.46. The van der Waals surface area contributed by atoms with Crippen molar-refractivity contribution in [1.82, 2.24) is 0 Å². The van der Waals surface area contributed by atoms with E-state index in [4.69, 9.17) is 11.6 Å². The van der Waals surface area contributed by atoms with Crippen molar-refractivity contribution in [1.29, 1.82) is 0 Å². The zero-order valence-corrected chi connectivity index (χ0v) is 10.3. The van der Waals surface area contributed by atoms with Crippen LogP contribution < -0.4 is 0 Å². The highest BCUT2D eigenvalue weighted by molar-refractivity contribution is 9.09. The van der Waals surface area contributed by atoms with E-state index in [2.05, 4.69) is 35.8 Å². The summed E-state index contributed by atoms with van der Waals surface area (Å²) >= 11 is 9.42. The average Bonchev–Trinajstić information content (AvgIpc) is 2.15. The summed E-state index contributed by atoms with van der Waals surface area (Å²) in [5, 5.41) is 1.85. The summed E-state index contributed by atoms with van der Waals surface area (Å²) in [5.41, 5.74) is 1.32. The van der Waals surface area contributed by atoms with E-state index >= 15 is 0 Å². The second-order valence-electron chi connectivity index (χ2n) is 3.48. The Morgan fingerprint density at radius 1 is 1.38 bits per heavy atom. The fraction of sp³-hybridized carbons (Fsp3) is 0.455. The molecule has 1 aromatic rings. The van der Waals surface area contributed by atoms with Crippen LogP contribution in [0, 0.1) is 5.92 Å². The number of hydrogen-bond acceptors (Lipinski definition) is 0. The van der Waals surface area contributed by atoms with Crippen molar-refractivity contribution in [3.8, 4) is 0 Å². The van der Waals surface area contributed by atoms with Gasteiger partial charge in [0.15, 0.2) is 0 Å². The van der Waals surface area contributed by atoms with E-state index in [1.165, 1.54) is 5.56 Å². The predicted molar refractivity (Wildman–Crippen MR) is 62.8 cm³/mol. The van der Waals surface area contributed by atoms with Gasteiger partial charge < -0.3 is 0 Å². The van der Waals surface area contributed by atoms with E-state index in [1.807, 2.05) is 18.2 Å². The molecule has 0 heterocycles. The predicted octanol–water partition coefficient (Wildman–Crippen LogP) is 4.47. The van der Waals surface area contributed by atoms with Crippen LogP contribution in [-0.4, -0.2) is 5.33 Å². The molecule has 0 amide bonds. The van der Waals surface area contributed by atoms with E-state index in [-0.39, 0.29) is 0 Å². The van der Waals surface area contributed by atoms with Crippen molar-refractivity contribution < 1.29 is 0 Å². The van der Waals surface area contributed by atoms with Gasteiger partial charge in [0.2, 0.25) is 0 Å². The van der Waals surface area contributed by atoms with Gasteiger partial charge in [-0.05, 0) is 29.5 Å². The van der Waals surface area contributed by atoms with E-state index in [0.717, 1.165) is 10.4 Å². The van der Waals surface area contributed by atoms with Gasteiger partial charge in [-0.15, -0.1) is 0 Å². The van der Waals surface area contributed by atoms with Crippen LogP contribution in [0.5, 0.6) is 0 Å². The highest BCUT2D eigenvalue weighted by atomic mass is 79.9. The first-order valence-corrected chi connectivity index (χ1v) is 5.96. The fourth-order valence-electron chi connectivity index (χ4n) is 1.25. The van der Waals surface area contributed by atoms with Crippen molar-refractivity contribution in [2.45, 2.75) is 19.8 Å². The number of hydrogen-bond donors (Lipinski definition) is 0. The molecule has 0 aromatic heterocycles. The Bertz CT molecular complexity index is 273. The van der Waals surface area contributed by atoms with Crippen LogP contribution in [-0.2, 0) is 0 Å². The second kappa shape index (κ2) is 5.02. The molecule has 0 nitrogen and oxygen atoms in total. The smallest absolute Gasteiger partial charge is 0.0408 e. The van der Waals surface area contributed by atoms with Crippen molar-refractivity contribution >= 4 is 27.5 Å². The third-order valence-corrected chi connectivity index (χ3v) is 3.73. The zero-order chi connectivity index (χ0) is 9.84. The zero-order valence-electron chi connectivity index (χ0n) is 7.93. The number of halogens is 2. The van der Waals surface area contributed by atoms with Gasteiger partial charge in [-0.1, -0.05) is 53.5 Å². The molecule has 0 aliphatic rings. The Kier molecular flexibility index (Phi) is 4.27. The van der Waals surface area contributed by atoms with Gasteiger partial charge in [0.25, 0.3) is 0 Å². The van der Waals surface area contributed by atoms with Gasteiger partial charge in [0.05, 0.1) is 0 Å². The highest BCUT2D eigenvalue weighted by Crippen LogP contribution is 2.26. The maximum Gasteiger partial charge on any atom is 0.0408 e. The summed E-state index contributed by atoms with van der Waals surface area (Å²) in [7, 11) is 0. The lowest BCUT2D eigenvalue weighted by Crippen LogP contribution is -2.07. The molecule has 0 fully saturated rings. The summed E-state index contributed by atoms with van der Waals surface area (Å²) in [4.78, 5) is 0. The lowest BCUT2D eigenvalue weighted by atomic mass is 9.90. The first-order chi connectivity index (χ1) is 6.15. The molecule has 0 aliphatic heterocycles. The van der Waals surface area contributed by atoms with Crippen LogP contribution in [0.4, 0.5) is 0 Å². The van der Waals surface area contributed by atoms with Crippen LogP contribution in [0.3, 0.4) is 0 Å². The molecule has 0 aliphatic carbocycles. The average molecular weight is 262 g/mol. The Morgan fingerprint density at radius 3 is 2.62 bits per heavy atom. The third kappa shape index (κ3) is 2.99. The molecule has 0 saturated heterocycles. The highest BCUT2D eigenvalue weighted by Gasteiger charge is 2.12. The Balaban J connectivity index is 2.82. The molecule has 2 unspecified atom stereocenters. The van der Waals surface area contributed by atoms with Gasteiger partial charge in [0, 0.05) is 10.4 Å². The summed E-state index contributed by atoms with van der Waals surface area (Å²) in [6.07, 6.45) is 0. The van der Waals surface area contributed by atoms with E-state index < -0.39 is 0 Å². The van der Waals surface area contributed by atoms with Crippen molar-refractivity contribution in [3.05, 3.63) is 34.9 Å². The van der Waals surface area contributed by atoms with Gasteiger partial charge in [-0.2, -0.15) is 0 Å². The van der Waals surface area contributed by atoms with Gasteiger partial charge >= 0.3 is 0 Å². The largest absolute Gasteiger partial charge is 0.0925 e. The lowest BCUT2D eigenvalue weighted by molar-refractivity contribution is 0.547. The van der Waals surface area contributed by atoms with Crippen LogP contribution in [0.15, 0.2) is 24.3 Å². The summed E-state index contributed by atoms with van der Waals surface area (Å²) in [6.45, 7) is 4.47. The van der Waals surface area contributed by atoms with Crippen LogP contribution in [0.2, 0.25) is 5.02 Å². The molecule has 0 spiro atoms. The molecule has 13 heavy (non-hydrogen) atoms. The molecule has 0 bridgehead atoms. The minimum absolute atomic E-state index is 0.554. The first kappa shape index (κ1) is 11.1. The Morgan fingerprint density at radius 2 is 2.08 bits per heavy atom. The standard InChI is InChI=1S/C11H14BrCl/c1-8(7-12)9(2)10-4-3-5-11(13)6-10/h3-6,8-9H,7H2,1-2H3. The van der Waals surface area contributed by atoms with Crippen LogP contribution >= 0.6 is 27.5 Å². The minimum Gasteiger partial charge on any atom is -0.0925 e. The molecule has 2 heteroatoms. The molecule has 0 radical (unpaired) electrons. The van der Waals surface area contributed by atoms with Crippen molar-refractivity contribution in [2.75, 3.05) is 5.33 Å². The fourth-order valence-corrected chi connectivity index (χ4v) is 2.01. The summed E-state index contributed by atoms with van der Waals surface area (Å²) < 4.78 is 0. The van der Waals surface area contributed by atoms with Crippen molar-refractivity contribution in [2.24, 2.45) is 5.92 Å². The molecule has 0 saturated carbocycles. The summed E-state index contributed by atoms with van der Waals surface area (Å²) in [6, 6.07) is 8.10. The Hall–Kier alpha value is -0.0100. The molecule has 72 valence electrons. The number of benzene rings is 1. The Labute approximate surface area is 93.4 Å². The molecular weight excluding hydrogens is 247 g/mol. The monoisotopic (exact) mass is 260 g/mol. The quantitative estimate of drug-likeness (QED) is 0.704. The molecule has 1 rings (SSSR count). The molecule has 2 atom stereocenters. The number of rotatable bonds is 3. The maximum atomic E-state index is 5.93. The van der Waals surface area contributed by atoms with E-state index in [9.17, 15) is 0 Å². The number of alkyl halides is 1. The third-order valence-electron chi connectivity index (χ3n) is 2.47. The van der Waals surface area contributed by atoms with Crippen LogP contribution in [0.1, 0.15) is 25.3 Å². The van der Waals surface area contributed by atoms with E-state index in [0.29, 0.717) is 11.8 Å². The maximum absolute atomic E-state index is 5.93. The topological polar surface area (TPSA) is 0 Å². The minimum atomic E-state index is 0.554. The SMILES string of the molecule is CC(CBr)C(C)c1cccc(Cl)c1. The molecular formula is C11H14BrCl. The molecule has 1 aromatic carbocycles. The van der Waals surface area contributed by atoms with Crippen LogP contribution in [0.25, 0.3) is 0 Å².